The van der Waals surface area contributed by atoms with E-state index in [1.165, 1.54) is 109 Å². The molecule has 0 fully saturated rings. The Morgan fingerprint density at radius 1 is 0.688 bits per heavy atom. The predicted molar refractivity (Wildman–Crippen MR) is 203 cm³/mol. The summed E-state index contributed by atoms with van der Waals surface area (Å²) in [4.78, 5) is 22.6. The number of carbonyl (C=O) groups is 1. The molecule has 3 unspecified atom stereocenters. The zero-order valence-electron chi connectivity index (χ0n) is 31.2. The third-order valence-corrected chi connectivity index (χ3v) is 9.79. The number of nitrogens with one attached hydrogen (secondary N) is 1. The molecule has 9 heteroatoms. The van der Waals surface area contributed by atoms with E-state index < -0.39 is 20.0 Å². The Morgan fingerprint density at radius 3 is 1.69 bits per heavy atom. The number of carbonyl (C=O) groups excluding carboxylic acids is 1. The van der Waals surface area contributed by atoms with Gasteiger partial charge in [0.25, 0.3) is 0 Å². The fraction of sp³-hybridized carbons (Fsp3) is 0.872. The summed E-state index contributed by atoms with van der Waals surface area (Å²) in [6, 6.07) is -0.775. The number of aliphatic hydroxyl groups excluding tert-OH is 1. The number of amides is 1. The van der Waals surface area contributed by atoms with Gasteiger partial charge in [-0.25, -0.2) is 4.57 Å². The molecule has 1 amide bonds. The summed E-state index contributed by atoms with van der Waals surface area (Å²) < 4.78 is 22.1. The third-order valence-electron chi connectivity index (χ3n) is 8.81. The van der Waals surface area contributed by atoms with Gasteiger partial charge in [-0.15, -0.1) is 0 Å². The molecule has 0 aliphatic heterocycles. The highest BCUT2D eigenvalue weighted by molar-refractivity contribution is 7.47. The Balaban J connectivity index is 4.21. The van der Waals surface area contributed by atoms with Gasteiger partial charge in [-0.3, -0.25) is 13.8 Å². The SMILES string of the molecule is CCCCC/C=C\C/C=C\CCCCCCCCCC(=O)NC(COP(=O)(O)OCCN)C(O)CCCCCCCCCCCCCC. The van der Waals surface area contributed by atoms with Crippen LogP contribution in [0, 0.1) is 0 Å². The highest BCUT2D eigenvalue weighted by Gasteiger charge is 2.27. The minimum absolute atomic E-state index is 0.0877. The van der Waals surface area contributed by atoms with Gasteiger partial charge in [0.15, 0.2) is 0 Å². The minimum atomic E-state index is -4.31. The lowest BCUT2D eigenvalue weighted by molar-refractivity contribution is -0.123. The van der Waals surface area contributed by atoms with Crippen molar-refractivity contribution in [3.05, 3.63) is 24.3 Å². The number of nitrogens with two attached hydrogens (primary N) is 1. The molecule has 8 nitrogen and oxygen atoms in total. The molecule has 48 heavy (non-hydrogen) atoms. The third kappa shape index (κ3) is 33.5. The minimum Gasteiger partial charge on any atom is -0.391 e. The summed E-state index contributed by atoms with van der Waals surface area (Å²) in [6.07, 6.45) is 38.9. The van der Waals surface area contributed by atoms with Crippen LogP contribution in [0.15, 0.2) is 24.3 Å². The van der Waals surface area contributed by atoms with Gasteiger partial charge < -0.3 is 21.1 Å². The van der Waals surface area contributed by atoms with Gasteiger partial charge >= 0.3 is 7.82 Å². The molecule has 0 aromatic carbocycles. The maximum Gasteiger partial charge on any atom is 0.472 e. The van der Waals surface area contributed by atoms with Crippen molar-refractivity contribution < 1.29 is 28.4 Å². The average Bonchev–Trinajstić information content (AvgIpc) is 3.07. The van der Waals surface area contributed by atoms with Crippen LogP contribution < -0.4 is 11.1 Å². The van der Waals surface area contributed by atoms with Crippen molar-refractivity contribution in [2.24, 2.45) is 5.73 Å². The molecule has 284 valence electrons. The molecule has 0 aromatic heterocycles. The largest absolute Gasteiger partial charge is 0.472 e. The van der Waals surface area contributed by atoms with E-state index in [0.29, 0.717) is 12.8 Å². The van der Waals surface area contributed by atoms with E-state index in [4.69, 9.17) is 14.8 Å². The molecule has 5 N–H and O–H groups in total. The van der Waals surface area contributed by atoms with E-state index >= 15 is 0 Å². The molecule has 0 spiro atoms. The average molecular weight is 701 g/mol. The van der Waals surface area contributed by atoms with Crippen LogP contribution in [0.1, 0.15) is 187 Å². The summed E-state index contributed by atoms with van der Waals surface area (Å²) in [5.41, 5.74) is 5.36. The first kappa shape index (κ1) is 47.0. The van der Waals surface area contributed by atoms with Crippen LogP contribution >= 0.6 is 7.82 Å². The lowest BCUT2D eigenvalue weighted by atomic mass is 10.0. The number of hydrogen-bond acceptors (Lipinski definition) is 6. The van der Waals surface area contributed by atoms with Crippen molar-refractivity contribution in [2.45, 2.75) is 199 Å². The number of hydrogen-bond donors (Lipinski definition) is 4. The maximum absolute atomic E-state index is 12.7. The van der Waals surface area contributed by atoms with Gasteiger partial charge in [0, 0.05) is 13.0 Å². The van der Waals surface area contributed by atoms with Crippen LogP contribution in [-0.4, -0.2) is 47.8 Å². The number of aliphatic hydroxyl groups is 1. The van der Waals surface area contributed by atoms with Crippen LogP contribution in [0.4, 0.5) is 0 Å². The molecule has 0 aliphatic rings. The fourth-order valence-corrected chi connectivity index (χ4v) is 6.51. The molecule has 0 aromatic rings. The summed E-state index contributed by atoms with van der Waals surface area (Å²) >= 11 is 0. The highest BCUT2D eigenvalue weighted by atomic mass is 31.2. The summed E-state index contributed by atoms with van der Waals surface area (Å²) in [5.74, 6) is -0.171. The number of unbranched alkanes of at least 4 members (excludes halogenated alkanes) is 21. The first-order chi connectivity index (χ1) is 23.4. The van der Waals surface area contributed by atoms with Crippen LogP contribution in [0.3, 0.4) is 0 Å². The Morgan fingerprint density at radius 2 is 1.15 bits per heavy atom. The molecule has 3 atom stereocenters. The number of allylic oxidation sites excluding steroid dienone is 4. The second kappa shape index (κ2) is 35.8. The molecule has 0 radical (unpaired) electrons. The molecule has 0 saturated heterocycles. The summed E-state index contributed by atoms with van der Waals surface area (Å²) in [5, 5.41) is 13.7. The van der Waals surface area contributed by atoms with E-state index in [0.717, 1.165) is 51.4 Å². The highest BCUT2D eigenvalue weighted by Crippen LogP contribution is 2.43. The van der Waals surface area contributed by atoms with Crippen LogP contribution in [-0.2, 0) is 18.4 Å². The molecule has 0 saturated carbocycles. The lowest BCUT2D eigenvalue weighted by Gasteiger charge is -2.25. The summed E-state index contributed by atoms with van der Waals surface area (Å²) in [7, 11) is -4.31. The zero-order chi connectivity index (χ0) is 35.4. The molecule has 0 rings (SSSR count). The van der Waals surface area contributed by atoms with Gasteiger partial charge in [-0.1, -0.05) is 160 Å². The Hall–Kier alpha value is -1.02. The van der Waals surface area contributed by atoms with Crippen molar-refractivity contribution in [1.29, 1.82) is 0 Å². The lowest BCUT2D eigenvalue weighted by Crippen LogP contribution is -2.46. The van der Waals surface area contributed by atoms with Gasteiger partial charge in [-0.05, 0) is 44.9 Å². The smallest absolute Gasteiger partial charge is 0.391 e. The van der Waals surface area contributed by atoms with Crippen LogP contribution in [0.25, 0.3) is 0 Å². The predicted octanol–water partition coefficient (Wildman–Crippen LogP) is 10.6. The van der Waals surface area contributed by atoms with E-state index in [1.807, 2.05) is 0 Å². The Labute approximate surface area is 296 Å². The summed E-state index contributed by atoms with van der Waals surface area (Å²) in [6.45, 7) is 4.16. The second-order valence-corrected chi connectivity index (χ2v) is 14.9. The normalized spacial score (nSPS) is 14.5. The van der Waals surface area contributed by atoms with Crippen LogP contribution in [0.5, 0.6) is 0 Å². The first-order valence-electron chi connectivity index (χ1n) is 20.0. The van der Waals surface area contributed by atoms with Crippen molar-refractivity contribution in [2.75, 3.05) is 19.8 Å². The maximum atomic E-state index is 12.7. The van der Waals surface area contributed by atoms with E-state index in [9.17, 15) is 19.4 Å². The standard InChI is InChI=1S/C39H77N2O6P/c1-3-5-7-9-11-13-15-17-18-19-20-21-23-25-27-29-31-33-39(43)41-37(36-47-48(44,45)46-35-34-40)38(42)32-30-28-26-24-22-16-14-12-10-8-6-4-2/h11,13,17-18,37-38,42H,3-10,12,14-16,19-36,40H2,1-2H3,(H,41,43)(H,44,45)/b13-11-,18-17-. The number of rotatable bonds is 37. The van der Waals surface area contributed by atoms with E-state index in [2.05, 4.69) is 43.5 Å². The van der Waals surface area contributed by atoms with Crippen molar-refractivity contribution >= 4 is 13.7 Å². The molecular formula is C39H77N2O6P. The Kier molecular flexibility index (Phi) is 35.0. The topological polar surface area (TPSA) is 131 Å². The van der Waals surface area contributed by atoms with Gasteiger partial charge in [-0.2, -0.15) is 0 Å². The van der Waals surface area contributed by atoms with Gasteiger partial charge in [0.05, 0.1) is 25.4 Å². The van der Waals surface area contributed by atoms with Gasteiger partial charge in [0.1, 0.15) is 0 Å². The quantitative estimate of drug-likeness (QED) is 0.0288. The van der Waals surface area contributed by atoms with Crippen molar-refractivity contribution in [3.8, 4) is 0 Å². The molecule has 0 heterocycles. The Bertz CT molecular complexity index is 809. The molecule has 0 aliphatic carbocycles. The number of phosphoric ester groups is 1. The number of phosphoric acid groups is 1. The molecular weight excluding hydrogens is 623 g/mol. The van der Waals surface area contributed by atoms with Crippen molar-refractivity contribution in [1.82, 2.24) is 5.32 Å². The first-order valence-corrected chi connectivity index (χ1v) is 21.4. The van der Waals surface area contributed by atoms with Crippen molar-refractivity contribution in [3.63, 3.8) is 0 Å². The fourth-order valence-electron chi connectivity index (χ4n) is 5.75. The monoisotopic (exact) mass is 701 g/mol. The van der Waals surface area contributed by atoms with E-state index in [1.54, 1.807) is 0 Å². The van der Waals surface area contributed by atoms with Crippen LogP contribution in [0.2, 0.25) is 0 Å². The van der Waals surface area contributed by atoms with Gasteiger partial charge in [0.2, 0.25) is 5.91 Å². The zero-order valence-corrected chi connectivity index (χ0v) is 32.1. The molecule has 0 bridgehead atoms. The second-order valence-electron chi connectivity index (χ2n) is 13.5. The van der Waals surface area contributed by atoms with E-state index in [-0.39, 0.29) is 25.7 Å².